The first kappa shape index (κ1) is 14.0. The van der Waals surface area contributed by atoms with Gasteiger partial charge in [0.15, 0.2) is 0 Å². The molecule has 5 heteroatoms. The number of rotatable bonds is 8. The molecular formula is C14H20N2O3. The third-order valence-corrected chi connectivity index (χ3v) is 3.17. The summed E-state index contributed by atoms with van der Waals surface area (Å²) < 4.78 is 5.58. The van der Waals surface area contributed by atoms with Gasteiger partial charge < -0.3 is 9.84 Å². The van der Waals surface area contributed by atoms with Gasteiger partial charge >= 0.3 is 5.97 Å². The molecule has 1 heterocycles. The van der Waals surface area contributed by atoms with Crippen molar-refractivity contribution < 1.29 is 14.6 Å². The molecule has 0 radical (unpaired) electrons. The van der Waals surface area contributed by atoms with Crippen molar-refractivity contribution in [2.45, 2.75) is 19.4 Å². The number of pyridine rings is 1. The first-order chi connectivity index (χ1) is 9.15. The Morgan fingerprint density at radius 2 is 2.32 bits per heavy atom. The maximum absolute atomic E-state index is 10.7. The molecule has 0 saturated heterocycles. The van der Waals surface area contributed by atoms with Crippen molar-refractivity contribution in [1.82, 2.24) is 9.88 Å². The van der Waals surface area contributed by atoms with Crippen LogP contribution in [0.1, 0.15) is 28.9 Å². The molecule has 0 spiro atoms. The SMILES string of the molecule is CN(CCOCC1CC1)Cc1ccc(C(=O)O)cn1. The lowest BCUT2D eigenvalue weighted by molar-refractivity contribution is 0.0696. The van der Waals surface area contributed by atoms with E-state index >= 15 is 0 Å². The molecule has 1 N–H and O–H groups in total. The van der Waals surface area contributed by atoms with Crippen LogP contribution in [0.3, 0.4) is 0 Å². The highest BCUT2D eigenvalue weighted by Gasteiger charge is 2.20. The summed E-state index contributed by atoms with van der Waals surface area (Å²) in [5.41, 5.74) is 1.09. The van der Waals surface area contributed by atoms with Crippen LogP contribution in [0.2, 0.25) is 0 Å². The summed E-state index contributed by atoms with van der Waals surface area (Å²) in [5.74, 6) is -0.142. The van der Waals surface area contributed by atoms with Gasteiger partial charge in [0.1, 0.15) is 0 Å². The van der Waals surface area contributed by atoms with Crippen LogP contribution in [-0.2, 0) is 11.3 Å². The Labute approximate surface area is 113 Å². The highest BCUT2D eigenvalue weighted by atomic mass is 16.5. The number of aromatic nitrogens is 1. The second kappa shape index (κ2) is 6.63. The Hall–Kier alpha value is -1.46. The Morgan fingerprint density at radius 3 is 2.89 bits per heavy atom. The van der Waals surface area contributed by atoms with E-state index < -0.39 is 5.97 Å². The zero-order valence-corrected chi connectivity index (χ0v) is 11.2. The van der Waals surface area contributed by atoms with Crippen LogP contribution in [0.4, 0.5) is 0 Å². The third kappa shape index (κ3) is 4.96. The molecule has 0 aliphatic heterocycles. The molecule has 1 aliphatic rings. The molecule has 0 unspecified atom stereocenters. The zero-order valence-electron chi connectivity index (χ0n) is 11.2. The van der Waals surface area contributed by atoms with Gasteiger partial charge in [-0.15, -0.1) is 0 Å². The number of hydrogen-bond acceptors (Lipinski definition) is 4. The summed E-state index contributed by atoms with van der Waals surface area (Å²) in [6.07, 6.45) is 4.03. The summed E-state index contributed by atoms with van der Waals surface area (Å²) in [5, 5.41) is 8.78. The van der Waals surface area contributed by atoms with Gasteiger partial charge in [0.05, 0.1) is 17.9 Å². The van der Waals surface area contributed by atoms with Crippen molar-refractivity contribution in [3.63, 3.8) is 0 Å². The van der Waals surface area contributed by atoms with Gasteiger partial charge in [-0.1, -0.05) is 0 Å². The van der Waals surface area contributed by atoms with Crippen LogP contribution in [0, 0.1) is 5.92 Å². The van der Waals surface area contributed by atoms with Crippen molar-refractivity contribution >= 4 is 5.97 Å². The topological polar surface area (TPSA) is 62.7 Å². The van der Waals surface area contributed by atoms with Crippen LogP contribution >= 0.6 is 0 Å². The average Bonchev–Trinajstić information content (AvgIpc) is 3.19. The summed E-state index contributed by atoms with van der Waals surface area (Å²) in [6.45, 7) is 3.18. The fraction of sp³-hybridized carbons (Fsp3) is 0.571. The second-order valence-corrected chi connectivity index (χ2v) is 5.10. The predicted molar refractivity (Wildman–Crippen MR) is 71.1 cm³/mol. The molecule has 19 heavy (non-hydrogen) atoms. The normalized spacial score (nSPS) is 14.8. The molecule has 1 saturated carbocycles. The third-order valence-electron chi connectivity index (χ3n) is 3.17. The van der Waals surface area contributed by atoms with Crippen molar-refractivity contribution in [2.75, 3.05) is 26.8 Å². The van der Waals surface area contributed by atoms with Gasteiger partial charge in [0.2, 0.25) is 0 Å². The molecule has 1 aromatic rings. The van der Waals surface area contributed by atoms with E-state index in [0.29, 0.717) is 6.54 Å². The smallest absolute Gasteiger partial charge is 0.337 e. The van der Waals surface area contributed by atoms with Crippen LogP contribution in [0.15, 0.2) is 18.3 Å². The van der Waals surface area contributed by atoms with Crippen molar-refractivity contribution in [3.05, 3.63) is 29.6 Å². The maximum Gasteiger partial charge on any atom is 0.337 e. The fourth-order valence-corrected chi connectivity index (χ4v) is 1.76. The van der Waals surface area contributed by atoms with Crippen molar-refractivity contribution in [1.29, 1.82) is 0 Å². The van der Waals surface area contributed by atoms with Gasteiger partial charge in [-0.25, -0.2) is 4.79 Å². The quantitative estimate of drug-likeness (QED) is 0.723. The molecule has 5 nitrogen and oxygen atoms in total. The van der Waals surface area contributed by atoms with E-state index in [0.717, 1.165) is 31.4 Å². The molecule has 0 bridgehead atoms. The summed E-state index contributed by atoms with van der Waals surface area (Å²) in [6, 6.07) is 3.34. The monoisotopic (exact) mass is 264 g/mol. The summed E-state index contributed by atoms with van der Waals surface area (Å²) in [7, 11) is 2.01. The number of carboxylic acids is 1. The van der Waals surface area contributed by atoms with Crippen LogP contribution < -0.4 is 0 Å². The number of ether oxygens (including phenoxy) is 1. The van der Waals surface area contributed by atoms with Gasteiger partial charge in [-0.05, 0) is 37.9 Å². The molecular weight excluding hydrogens is 244 g/mol. The van der Waals surface area contributed by atoms with E-state index in [-0.39, 0.29) is 5.56 Å². The van der Waals surface area contributed by atoms with Gasteiger partial charge in [-0.2, -0.15) is 0 Å². The van der Waals surface area contributed by atoms with E-state index in [1.54, 1.807) is 12.1 Å². The lowest BCUT2D eigenvalue weighted by Crippen LogP contribution is -2.23. The zero-order chi connectivity index (χ0) is 13.7. The summed E-state index contributed by atoms with van der Waals surface area (Å²) >= 11 is 0. The van der Waals surface area contributed by atoms with E-state index in [2.05, 4.69) is 9.88 Å². The first-order valence-corrected chi connectivity index (χ1v) is 6.59. The van der Waals surface area contributed by atoms with Crippen LogP contribution in [0.25, 0.3) is 0 Å². The number of aromatic carboxylic acids is 1. The van der Waals surface area contributed by atoms with Gasteiger partial charge in [0.25, 0.3) is 0 Å². The number of likely N-dealkylation sites (N-methyl/N-ethyl adjacent to an activating group) is 1. The standard InChI is InChI=1S/C14H20N2O3/c1-16(6-7-19-10-11-2-3-11)9-13-5-4-12(8-15-13)14(17)18/h4-5,8,11H,2-3,6-7,9-10H2,1H3,(H,17,18). The van der Waals surface area contributed by atoms with Crippen molar-refractivity contribution in [3.8, 4) is 0 Å². The fourth-order valence-electron chi connectivity index (χ4n) is 1.76. The Morgan fingerprint density at radius 1 is 1.53 bits per heavy atom. The average molecular weight is 264 g/mol. The number of nitrogens with zero attached hydrogens (tertiary/aromatic N) is 2. The minimum Gasteiger partial charge on any atom is -0.478 e. The number of carboxylic acid groups (broad SMARTS) is 1. The largest absolute Gasteiger partial charge is 0.478 e. The molecule has 0 atom stereocenters. The molecule has 2 rings (SSSR count). The molecule has 0 aromatic carbocycles. The Bertz CT molecular complexity index is 415. The Balaban J connectivity index is 1.68. The van der Waals surface area contributed by atoms with Crippen LogP contribution in [0.5, 0.6) is 0 Å². The minimum atomic E-state index is -0.944. The van der Waals surface area contributed by atoms with Crippen molar-refractivity contribution in [2.24, 2.45) is 5.92 Å². The van der Waals surface area contributed by atoms with E-state index in [1.807, 2.05) is 7.05 Å². The van der Waals surface area contributed by atoms with E-state index in [1.165, 1.54) is 19.0 Å². The predicted octanol–water partition coefficient (Wildman–Crippen LogP) is 1.64. The molecule has 1 aromatic heterocycles. The highest BCUT2D eigenvalue weighted by molar-refractivity contribution is 5.87. The molecule has 1 fully saturated rings. The summed E-state index contributed by atoms with van der Waals surface area (Å²) in [4.78, 5) is 17.0. The number of hydrogen-bond donors (Lipinski definition) is 1. The van der Waals surface area contributed by atoms with Gasteiger partial charge in [0, 0.05) is 25.9 Å². The van der Waals surface area contributed by atoms with Gasteiger partial charge in [-0.3, -0.25) is 9.88 Å². The highest BCUT2D eigenvalue weighted by Crippen LogP contribution is 2.28. The minimum absolute atomic E-state index is 0.221. The molecule has 1 aliphatic carbocycles. The first-order valence-electron chi connectivity index (χ1n) is 6.59. The van der Waals surface area contributed by atoms with E-state index in [4.69, 9.17) is 9.84 Å². The lowest BCUT2D eigenvalue weighted by atomic mass is 10.2. The lowest BCUT2D eigenvalue weighted by Gasteiger charge is -2.16. The maximum atomic E-state index is 10.7. The second-order valence-electron chi connectivity index (χ2n) is 5.10. The molecule has 104 valence electrons. The Kier molecular flexibility index (Phi) is 4.87. The molecule has 0 amide bonds. The van der Waals surface area contributed by atoms with E-state index in [9.17, 15) is 4.79 Å². The van der Waals surface area contributed by atoms with Crippen LogP contribution in [-0.4, -0.2) is 47.8 Å². The number of carbonyl (C=O) groups is 1.